The average Bonchev–Trinajstić information content (AvgIpc) is 2.79. The summed E-state index contributed by atoms with van der Waals surface area (Å²) in [7, 11) is 0. The highest BCUT2D eigenvalue weighted by Gasteiger charge is 2.24. The van der Waals surface area contributed by atoms with Gasteiger partial charge in [0.15, 0.2) is 5.83 Å². The van der Waals surface area contributed by atoms with Gasteiger partial charge in [0.2, 0.25) is 0 Å². The zero-order valence-corrected chi connectivity index (χ0v) is 20.1. The van der Waals surface area contributed by atoms with Crippen LogP contribution in [0.1, 0.15) is 30.7 Å². The molecule has 1 aromatic heterocycles. The number of nitrogens with zero attached hydrogens (tertiary/aromatic N) is 1. The molecule has 0 aliphatic rings. The van der Waals surface area contributed by atoms with Crippen LogP contribution in [-0.4, -0.2) is 27.8 Å². The molecule has 0 spiro atoms. The molecule has 2 aromatic carbocycles. The van der Waals surface area contributed by atoms with Gasteiger partial charge in [-0.3, -0.25) is 4.79 Å². The van der Waals surface area contributed by atoms with Crippen LogP contribution in [0.15, 0.2) is 48.4 Å². The van der Waals surface area contributed by atoms with E-state index >= 15 is 0 Å². The molecule has 184 valence electrons. The van der Waals surface area contributed by atoms with Gasteiger partial charge < -0.3 is 25.9 Å². The molecule has 0 saturated heterocycles. The van der Waals surface area contributed by atoms with Crippen LogP contribution >= 0.6 is 11.6 Å². The standard InChI is InChI=1S/C25H25ClF2N4O3/c1-14-7-21(30-12-17(28)10-29)18-5-4-6-22(23(18)32-14)35-13-19-15(8-16(27)9-20(19)26)11-31-24(33)25(2,3)34/h4-10,12,29,34H,11,13H2,1-3H3,(H,30,32)(H,31,33)/b17-12+,29-10?. The van der Waals surface area contributed by atoms with Crippen LogP contribution in [0, 0.1) is 18.2 Å². The Bertz CT molecular complexity index is 1310. The molecule has 0 aliphatic carbocycles. The first kappa shape index (κ1) is 26.1. The van der Waals surface area contributed by atoms with Crippen molar-refractivity contribution >= 4 is 40.3 Å². The normalized spacial score (nSPS) is 11.9. The van der Waals surface area contributed by atoms with Gasteiger partial charge in [-0.25, -0.2) is 13.8 Å². The summed E-state index contributed by atoms with van der Waals surface area (Å²) in [6.45, 7) is 4.35. The Morgan fingerprint density at radius 2 is 2.06 bits per heavy atom. The fraction of sp³-hybridized carbons (Fsp3) is 0.240. The molecule has 1 amide bonds. The molecule has 0 unspecified atom stereocenters. The first-order valence-corrected chi connectivity index (χ1v) is 11.0. The molecule has 0 radical (unpaired) electrons. The van der Waals surface area contributed by atoms with Crippen molar-refractivity contribution in [1.29, 1.82) is 5.41 Å². The molecule has 7 nitrogen and oxygen atoms in total. The lowest BCUT2D eigenvalue weighted by Gasteiger charge is -2.19. The fourth-order valence-corrected chi connectivity index (χ4v) is 3.57. The average molecular weight is 503 g/mol. The molecule has 10 heteroatoms. The molecule has 3 rings (SSSR count). The fourth-order valence-electron chi connectivity index (χ4n) is 3.29. The van der Waals surface area contributed by atoms with Crippen molar-refractivity contribution in [2.45, 2.75) is 39.5 Å². The van der Waals surface area contributed by atoms with Gasteiger partial charge in [-0.15, -0.1) is 0 Å². The van der Waals surface area contributed by atoms with Gasteiger partial charge >= 0.3 is 0 Å². The number of benzene rings is 2. The highest BCUT2D eigenvalue weighted by atomic mass is 35.5. The summed E-state index contributed by atoms with van der Waals surface area (Å²) >= 11 is 6.29. The van der Waals surface area contributed by atoms with Crippen LogP contribution in [-0.2, 0) is 17.9 Å². The van der Waals surface area contributed by atoms with E-state index in [1.165, 1.54) is 19.9 Å². The van der Waals surface area contributed by atoms with Crippen LogP contribution in [0.3, 0.4) is 0 Å². The van der Waals surface area contributed by atoms with E-state index in [1.807, 2.05) is 0 Å². The van der Waals surface area contributed by atoms with E-state index in [1.54, 1.807) is 31.2 Å². The van der Waals surface area contributed by atoms with E-state index in [0.29, 0.717) is 45.4 Å². The van der Waals surface area contributed by atoms with Crippen molar-refractivity contribution in [2.75, 3.05) is 5.32 Å². The Hall–Kier alpha value is -3.56. The number of carbonyl (C=O) groups is 1. The zero-order chi connectivity index (χ0) is 25.8. The third kappa shape index (κ3) is 6.52. The third-order valence-electron chi connectivity index (χ3n) is 5.05. The first-order chi connectivity index (χ1) is 16.5. The Morgan fingerprint density at radius 3 is 2.74 bits per heavy atom. The van der Waals surface area contributed by atoms with E-state index in [-0.39, 0.29) is 18.2 Å². The van der Waals surface area contributed by atoms with Crippen LogP contribution in [0.2, 0.25) is 5.02 Å². The lowest BCUT2D eigenvalue weighted by atomic mass is 10.1. The van der Waals surface area contributed by atoms with Gasteiger partial charge in [0.05, 0.1) is 11.2 Å². The van der Waals surface area contributed by atoms with Crippen molar-refractivity contribution in [3.8, 4) is 5.75 Å². The number of hydrogen-bond acceptors (Lipinski definition) is 6. The molecule has 1 heterocycles. The molecule has 0 bridgehead atoms. The van der Waals surface area contributed by atoms with Gasteiger partial charge in [-0.1, -0.05) is 23.7 Å². The molecule has 0 aliphatic heterocycles. The van der Waals surface area contributed by atoms with E-state index in [0.717, 1.165) is 12.3 Å². The SMILES string of the molecule is Cc1cc(N/C=C(/F)C=N)c2cccc(OCc3c(Cl)cc(F)cc3CNC(=O)C(C)(C)O)c2n1. The Labute approximate surface area is 206 Å². The summed E-state index contributed by atoms with van der Waals surface area (Å²) in [5, 5.41) is 23.0. The van der Waals surface area contributed by atoms with Gasteiger partial charge in [0.25, 0.3) is 5.91 Å². The Balaban J connectivity index is 1.91. The molecular weight excluding hydrogens is 478 g/mol. The number of nitrogens with one attached hydrogen (secondary N) is 3. The number of aryl methyl sites for hydroxylation is 1. The van der Waals surface area contributed by atoms with Crippen LogP contribution in [0.4, 0.5) is 14.5 Å². The lowest BCUT2D eigenvalue weighted by molar-refractivity contribution is -0.136. The molecule has 0 saturated carbocycles. The predicted molar refractivity (Wildman–Crippen MR) is 132 cm³/mol. The maximum Gasteiger partial charge on any atom is 0.251 e. The molecule has 0 atom stereocenters. The number of pyridine rings is 1. The zero-order valence-electron chi connectivity index (χ0n) is 19.4. The van der Waals surface area contributed by atoms with E-state index in [2.05, 4.69) is 15.6 Å². The third-order valence-corrected chi connectivity index (χ3v) is 5.39. The molecule has 4 N–H and O–H groups in total. The number of ether oxygens (including phenoxy) is 1. The first-order valence-electron chi connectivity index (χ1n) is 10.6. The summed E-state index contributed by atoms with van der Waals surface area (Å²) in [5.41, 5.74) is 0.991. The number of para-hydroxylation sites is 1. The molecule has 35 heavy (non-hydrogen) atoms. The molecule has 0 fully saturated rings. The Kier molecular flexibility index (Phi) is 8.03. The Morgan fingerprint density at radius 1 is 1.31 bits per heavy atom. The molecule has 3 aromatic rings. The maximum absolute atomic E-state index is 14.0. The summed E-state index contributed by atoms with van der Waals surface area (Å²) in [6.07, 6.45) is 1.66. The smallest absolute Gasteiger partial charge is 0.251 e. The van der Waals surface area contributed by atoms with Crippen LogP contribution in [0.25, 0.3) is 10.9 Å². The highest BCUT2D eigenvalue weighted by Crippen LogP contribution is 2.32. The van der Waals surface area contributed by atoms with Crippen molar-refractivity contribution in [1.82, 2.24) is 10.3 Å². The largest absolute Gasteiger partial charge is 0.487 e. The number of rotatable bonds is 9. The molecular formula is C25H25ClF2N4O3. The quantitative estimate of drug-likeness (QED) is 0.302. The number of anilines is 1. The van der Waals surface area contributed by atoms with Gasteiger partial charge in [0, 0.05) is 35.1 Å². The minimum atomic E-state index is -1.59. The van der Waals surface area contributed by atoms with Gasteiger partial charge in [-0.2, -0.15) is 0 Å². The number of halogens is 3. The number of fused-ring (bicyclic) bond motifs is 1. The van der Waals surface area contributed by atoms with Crippen molar-refractivity contribution in [2.24, 2.45) is 0 Å². The van der Waals surface area contributed by atoms with Crippen LogP contribution < -0.4 is 15.4 Å². The van der Waals surface area contributed by atoms with Gasteiger partial charge in [-0.05, 0) is 50.6 Å². The topological polar surface area (TPSA) is 107 Å². The minimum Gasteiger partial charge on any atom is -0.487 e. The number of carbonyl (C=O) groups excluding carboxylic acids is 1. The van der Waals surface area contributed by atoms with Crippen molar-refractivity contribution in [3.05, 3.63) is 76.1 Å². The number of aromatic nitrogens is 1. The second kappa shape index (κ2) is 10.8. The lowest BCUT2D eigenvalue weighted by Crippen LogP contribution is -2.41. The second-order valence-electron chi connectivity index (χ2n) is 8.34. The summed E-state index contributed by atoms with van der Waals surface area (Å²) in [5.74, 6) is -1.52. The van der Waals surface area contributed by atoms with Gasteiger partial charge in [0.1, 0.15) is 29.3 Å². The van der Waals surface area contributed by atoms with Crippen molar-refractivity contribution < 1.29 is 23.4 Å². The van der Waals surface area contributed by atoms with Crippen LogP contribution in [0.5, 0.6) is 5.75 Å². The van der Waals surface area contributed by atoms with E-state index in [9.17, 15) is 18.7 Å². The second-order valence-corrected chi connectivity index (χ2v) is 8.74. The summed E-state index contributed by atoms with van der Waals surface area (Å²) in [4.78, 5) is 16.6. The number of aliphatic hydroxyl groups is 1. The summed E-state index contributed by atoms with van der Waals surface area (Å²) in [6, 6.07) is 9.37. The number of hydrogen-bond donors (Lipinski definition) is 4. The van der Waals surface area contributed by atoms with Crippen molar-refractivity contribution in [3.63, 3.8) is 0 Å². The maximum atomic E-state index is 14.0. The highest BCUT2D eigenvalue weighted by molar-refractivity contribution is 6.31. The monoisotopic (exact) mass is 502 g/mol. The number of allylic oxidation sites excluding steroid dienone is 1. The predicted octanol–water partition coefficient (Wildman–Crippen LogP) is 5.17. The summed E-state index contributed by atoms with van der Waals surface area (Å²) < 4.78 is 33.5. The minimum absolute atomic E-state index is 0.0489. The number of amides is 1. The van der Waals surface area contributed by atoms with E-state index in [4.69, 9.17) is 21.7 Å². The van der Waals surface area contributed by atoms with E-state index < -0.39 is 23.2 Å².